The number of hydrogen-bond acceptors (Lipinski definition) is 2. The molecule has 0 aliphatic heterocycles. The normalized spacial score (nSPS) is 13.2. The quantitative estimate of drug-likeness (QED) is 0.583. The molecule has 1 aromatic rings. The first kappa shape index (κ1) is 20.5. The van der Waals surface area contributed by atoms with Crippen LogP contribution in [0.5, 0.6) is 5.75 Å². The minimum atomic E-state index is -0.667. The Labute approximate surface area is 147 Å². The number of carboxylic acids is 1. The molecule has 0 aliphatic carbocycles. The Morgan fingerprint density at radius 3 is 2.21 bits per heavy atom. The smallest absolute Gasteiger partial charge is 0.306 e. The first-order chi connectivity index (χ1) is 11.1. The fourth-order valence-electron chi connectivity index (χ4n) is 3.16. The summed E-state index contributed by atoms with van der Waals surface area (Å²) < 4.78 is 0. The van der Waals surface area contributed by atoms with Gasteiger partial charge in [-0.25, -0.2) is 0 Å². The van der Waals surface area contributed by atoms with E-state index < -0.39 is 5.97 Å². The van der Waals surface area contributed by atoms with E-state index in [1.807, 2.05) is 26.0 Å². The standard InChI is InChI=1S/C21H34O3/c1-15(2)17(20(23)24)11-9-7-6-8-10-16-12-13-18(19(22)14-16)21(3,4)5/h12-15,17,22H,6-11H2,1-5H3,(H,23,24)/t17-/m0/s1. The second-order valence-electron chi connectivity index (χ2n) is 8.24. The van der Waals surface area contributed by atoms with Crippen LogP contribution in [-0.4, -0.2) is 16.2 Å². The van der Waals surface area contributed by atoms with Crippen LogP contribution in [0.25, 0.3) is 0 Å². The summed E-state index contributed by atoms with van der Waals surface area (Å²) in [6.45, 7) is 10.3. The number of aromatic hydroxyl groups is 1. The number of rotatable bonds is 9. The SMILES string of the molecule is CC(C)[C@H](CCCCCCc1ccc(C(C)(C)C)c(O)c1)C(=O)O. The lowest BCUT2D eigenvalue weighted by Crippen LogP contribution is -2.19. The Bertz CT molecular complexity index is 526. The van der Waals surface area contributed by atoms with Gasteiger partial charge in [-0.1, -0.05) is 66.0 Å². The molecular weight excluding hydrogens is 300 g/mol. The predicted molar refractivity (Wildman–Crippen MR) is 99.6 cm³/mol. The number of phenols is 1. The molecule has 0 amide bonds. The van der Waals surface area contributed by atoms with Crippen molar-refractivity contribution in [3.05, 3.63) is 29.3 Å². The van der Waals surface area contributed by atoms with Crippen LogP contribution in [0.3, 0.4) is 0 Å². The summed E-state index contributed by atoms with van der Waals surface area (Å²) in [5.41, 5.74) is 2.12. The minimum Gasteiger partial charge on any atom is -0.508 e. The van der Waals surface area contributed by atoms with E-state index in [0.717, 1.165) is 44.1 Å². The van der Waals surface area contributed by atoms with Gasteiger partial charge < -0.3 is 10.2 Å². The molecule has 0 bridgehead atoms. The summed E-state index contributed by atoms with van der Waals surface area (Å²) in [6.07, 6.45) is 5.96. The van der Waals surface area contributed by atoms with Gasteiger partial charge in [0.05, 0.1) is 5.92 Å². The van der Waals surface area contributed by atoms with Gasteiger partial charge in [-0.2, -0.15) is 0 Å². The first-order valence-electron chi connectivity index (χ1n) is 9.18. The highest BCUT2D eigenvalue weighted by molar-refractivity contribution is 5.70. The fraction of sp³-hybridized carbons (Fsp3) is 0.667. The van der Waals surface area contributed by atoms with Crippen molar-refractivity contribution in [3.8, 4) is 5.75 Å². The fourth-order valence-corrected chi connectivity index (χ4v) is 3.16. The van der Waals surface area contributed by atoms with Gasteiger partial charge in [-0.05, 0) is 47.8 Å². The van der Waals surface area contributed by atoms with Crippen molar-refractivity contribution >= 4 is 5.97 Å². The highest BCUT2D eigenvalue weighted by Crippen LogP contribution is 2.31. The third-order valence-corrected chi connectivity index (χ3v) is 4.72. The molecule has 1 atom stereocenters. The van der Waals surface area contributed by atoms with Crippen molar-refractivity contribution in [3.63, 3.8) is 0 Å². The summed E-state index contributed by atoms with van der Waals surface area (Å²) in [7, 11) is 0. The van der Waals surface area contributed by atoms with E-state index >= 15 is 0 Å². The van der Waals surface area contributed by atoms with Gasteiger partial charge >= 0.3 is 5.97 Å². The summed E-state index contributed by atoms with van der Waals surface area (Å²) in [5.74, 6) is -0.292. The molecule has 0 aliphatic rings. The van der Waals surface area contributed by atoms with E-state index in [9.17, 15) is 15.0 Å². The van der Waals surface area contributed by atoms with E-state index in [4.69, 9.17) is 0 Å². The average molecular weight is 335 g/mol. The molecule has 1 aromatic carbocycles. The van der Waals surface area contributed by atoms with Gasteiger partial charge in [0.25, 0.3) is 0 Å². The Morgan fingerprint density at radius 1 is 1.08 bits per heavy atom. The van der Waals surface area contributed by atoms with Gasteiger partial charge in [0, 0.05) is 0 Å². The molecule has 0 radical (unpaired) electrons. The van der Waals surface area contributed by atoms with E-state index in [2.05, 4.69) is 26.8 Å². The van der Waals surface area contributed by atoms with E-state index in [1.54, 1.807) is 0 Å². The lowest BCUT2D eigenvalue weighted by Gasteiger charge is -2.20. The molecule has 0 aromatic heterocycles. The molecule has 3 nitrogen and oxygen atoms in total. The number of aliphatic carboxylic acids is 1. The molecular formula is C21H34O3. The zero-order chi connectivity index (χ0) is 18.3. The molecule has 3 heteroatoms. The molecule has 0 fully saturated rings. The maximum atomic E-state index is 11.2. The molecule has 136 valence electrons. The lowest BCUT2D eigenvalue weighted by atomic mass is 9.85. The summed E-state index contributed by atoms with van der Waals surface area (Å²) in [6, 6.07) is 6.03. The Hall–Kier alpha value is -1.51. The van der Waals surface area contributed by atoms with Gasteiger partial charge in [0.15, 0.2) is 0 Å². The summed E-state index contributed by atoms with van der Waals surface area (Å²) in [5, 5.41) is 19.4. The van der Waals surface area contributed by atoms with Gasteiger partial charge in [0.1, 0.15) is 5.75 Å². The Balaban J connectivity index is 2.34. The number of phenolic OH excluding ortho intramolecular Hbond substituents is 1. The number of unbranched alkanes of at least 4 members (excludes halogenated alkanes) is 3. The third kappa shape index (κ3) is 6.54. The molecule has 24 heavy (non-hydrogen) atoms. The van der Waals surface area contributed by atoms with Crippen molar-refractivity contribution in [1.29, 1.82) is 0 Å². The monoisotopic (exact) mass is 334 g/mol. The van der Waals surface area contributed by atoms with Gasteiger partial charge in [0.2, 0.25) is 0 Å². The van der Waals surface area contributed by atoms with Crippen molar-refractivity contribution < 1.29 is 15.0 Å². The van der Waals surface area contributed by atoms with Gasteiger partial charge in [-0.3, -0.25) is 4.79 Å². The van der Waals surface area contributed by atoms with Crippen LogP contribution in [0.4, 0.5) is 0 Å². The molecule has 2 N–H and O–H groups in total. The third-order valence-electron chi connectivity index (χ3n) is 4.72. The zero-order valence-electron chi connectivity index (χ0n) is 15.9. The molecule has 0 spiro atoms. The highest BCUT2D eigenvalue weighted by Gasteiger charge is 2.20. The van der Waals surface area contributed by atoms with Crippen LogP contribution < -0.4 is 0 Å². The largest absolute Gasteiger partial charge is 0.508 e. The average Bonchev–Trinajstić information content (AvgIpc) is 2.44. The second-order valence-corrected chi connectivity index (χ2v) is 8.24. The van der Waals surface area contributed by atoms with Crippen LogP contribution in [0.2, 0.25) is 0 Å². The van der Waals surface area contributed by atoms with Crippen LogP contribution in [0, 0.1) is 11.8 Å². The topological polar surface area (TPSA) is 57.5 Å². The number of carboxylic acid groups (broad SMARTS) is 1. The Morgan fingerprint density at radius 2 is 1.71 bits per heavy atom. The molecule has 1 rings (SSSR count). The first-order valence-corrected chi connectivity index (χ1v) is 9.18. The van der Waals surface area contributed by atoms with Crippen LogP contribution in [-0.2, 0) is 16.6 Å². The van der Waals surface area contributed by atoms with Crippen molar-refractivity contribution in [2.24, 2.45) is 11.8 Å². The zero-order valence-corrected chi connectivity index (χ0v) is 15.9. The van der Waals surface area contributed by atoms with Crippen molar-refractivity contribution in [2.45, 2.75) is 78.6 Å². The van der Waals surface area contributed by atoms with Crippen molar-refractivity contribution in [1.82, 2.24) is 0 Å². The minimum absolute atomic E-state index is 0.0420. The number of aryl methyl sites for hydroxylation is 1. The van der Waals surface area contributed by atoms with E-state index in [1.165, 1.54) is 5.56 Å². The van der Waals surface area contributed by atoms with Crippen LogP contribution in [0.1, 0.15) is 77.8 Å². The summed E-state index contributed by atoms with van der Waals surface area (Å²) in [4.78, 5) is 11.2. The maximum absolute atomic E-state index is 11.2. The number of benzene rings is 1. The molecule has 0 saturated carbocycles. The molecule has 0 heterocycles. The highest BCUT2D eigenvalue weighted by atomic mass is 16.4. The number of carbonyl (C=O) groups is 1. The van der Waals surface area contributed by atoms with Crippen LogP contribution in [0.15, 0.2) is 18.2 Å². The molecule has 0 unspecified atom stereocenters. The number of hydrogen-bond donors (Lipinski definition) is 2. The summed E-state index contributed by atoms with van der Waals surface area (Å²) >= 11 is 0. The predicted octanol–water partition coefficient (Wildman–Crippen LogP) is 5.54. The maximum Gasteiger partial charge on any atom is 0.306 e. The van der Waals surface area contributed by atoms with E-state index in [0.29, 0.717) is 5.75 Å². The van der Waals surface area contributed by atoms with E-state index in [-0.39, 0.29) is 17.3 Å². The Kier molecular flexibility index (Phi) is 7.78. The molecule has 0 saturated heterocycles. The van der Waals surface area contributed by atoms with Crippen LogP contribution >= 0.6 is 0 Å². The van der Waals surface area contributed by atoms with Gasteiger partial charge in [-0.15, -0.1) is 0 Å². The lowest BCUT2D eigenvalue weighted by molar-refractivity contribution is -0.143. The van der Waals surface area contributed by atoms with Crippen molar-refractivity contribution in [2.75, 3.05) is 0 Å². The second kappa shape index (κ2) is 9.10.